The van der Waals surface area contributed by atoms with E-state index >= 15 is 0 Å². The molecule has 98 valence electrons. The molecule has 1 N–H and O–H groups in total. The van der Waals surface area contributed by atoms with Crippen molar-refractivity contribution in [1.29, 1.82) is 0 Å². The molecule has 0 aromatic heterocycles. The number of carbonyl (C=O) groups excluding carboxylic acids is 1. The van der Waals surface area contributed by atoms with Crippen LogP contribution in [0.15, 0.2) is 22.7 Å². The van der Waals surface area contributed by atoms with Gasteiger partial charge in [-0.2, -0.15) is 0 Å². The van der Waals surface area contributed by atoms with Crippen molar-refractivity contribution in [1.82, 2.24) is 4.72 Å². The summed E-state index contributed by atoms with van der Waals surface area (Å²) in [5.41, 5.74) is 0.388. The van der Waals surface area contributed by atoms with Crippen molar-refractivity contribution in [3.63, 3.8) is 0 Å². The second-order valence-corrected chi connectivity index (χ2v) is 6.85. The van der Waals surface area contributed by atoms with Crippen LogP contribution in [0.3, 0.4) is 0 Å². The molecule has 0 radical (unpaired) electrons. The molecule has 1 unspecified atom stereocenters. The summed E-state index contributed by atoms with van der Waals surface area (Å²) in [7, 11) is -3.43. The molecule has 0 fully saturated rings. The second-order valence-electron chi connectivity index (χ2n) is 3.89. The highest BCUT2D eigenvalue weighted by atomic mass is 79.9. The number of ether oxygens (including phenoxy) is 1. The smallest absolute Gasteiger partial charge is 0.212 e. The van der Waals surface area contributed by atoms with Crippen LogP contribution in [0.1, 0.15) is 17.3 Å². The monoisotopic (exact) mass is 333 g/mol. The fourth-order valence-electron chi connectivity index (χ4n) is 1.64. The molecular weight excluding hydrogens is 322 g/mol. The third kappa shape index (κ3) is 2.73. The van der Waals surface area contributed by atoms with Crippen molar-refractivity contribution in [2.45, 2.75) is 13.0 Å². The summed E-state index contributed by atoms with van der Waals surface area (Å²) in [5, 5.41) is 0. The molecule has 1 aliphatic heterocycles. The number of sulfonamides is 1. The lowest BCUT2D eigenvalue weighted by Crippen LogP contribution is -2.47. The topological polar surface area (TPSA) is 72.5 Å². The van der Waals surface area contributed by atoms with Gasteiger partial charge in [0.1, 0.15) is 18.4 Å². The predicted octanol–water partition coefficient (Wildman–Crippen LogP) is 1.33. The minimum absolute atomic E-state index is 0.0205. The Morgan fingerprint density at radius 1 is 1.50 bits per heavy atom. The van der Waals surface area contributed by atoms with Gasteiger partial charge in [0, 0.05) is 4.47 Å². The van der Waals surface area contributed by atoms with E-state index in [0.717, 1.165) is 4.47 Å². The number of rotatable bonds is 3. The Hall–Kier alpha value is -0.920. The number of halogens is 1. The summed E-state index contributed by atoms with van der Waals surface area (Å²) in [6.45, 7) is 1.54. The molecule has 1 atom stereocenters. The third-order valence-electron chi connectivity index (χ3n) is 2.63. The molecule has 7 heteroatoms. The first kappa shape index (κ1) is 13.5. The third-order valence-corrected chi connectivity index (χ3v) is 4.53. The van der Waals surface area contributed by atoms with E-state index in [0.29, 0.717) is 11.3 Å². The zero-order valence-corrected chi connectivity index (χ0v) is 12.0. The van der Waals surface area contributed by atoms with Crippen LogP contribution in [-0.4, -0.2) is 32.6 Å². The van der Waals surface area contributed by atoms with E-state index in [4.69, 9.17) is 4.74 Å². The molecule has 2 rings (SSSR count). The molecule has 0 saturated heterocycles. The number of carbonyl (C=O) groups is 1. The van der Waals surface area contributed by atoms with Crippen LogP contribution in [0.25, 0.3) is 0 Å². The van der Waals surface area contributed by atoms with Crippen LogP contribution in [0.2, 0.25) is 0 Å². The van der Waals surface area contributed by atoms with E-state index in [9.17, 15) is 13.2 Å². The van der Waals surface area contributed by atoms with Crippen LogP contribution < -0.4 is 9.46 Å². The Bertz CT molecular complexity index is 585. The number of nitrogens with one attached hydrogen (secondary N) is 1. The number of hydrogen-bond donors (Lipinski definition) is 1. The molecule has 1 aromatic carbocycles. The van der Waals surface area contributed by atoms with E-state index < -0.39 is 16.1 Å². The van der Waals surface area contributed by atoms with E-state index in [1.54, 1.807) is 18.2 Å². The van der Waals surface area contributed by atoms with Gasteiger partial charge in [-0.05, 0) is 25.1 Å². The first-order valence-electron chi connectivity index (χ1n) is 5.39. The van der Waals surface area contributed by atoms with Gasteiger partial charge in [-0.1, -0.05) is 15.9 Å². The second kappa shape index (κ2) is 4.99. The van der Waals surface area contributed by atoms with Gasteiger partial charge in [0.15, 0.2) is 5.78 Å². The van der Waals surface area contributed by atoms with E-state index in [1.807, 2.05) is 0 Å². The van der Waals surface area contributed by atoms with Crippen molar-refractivity contribution in [3.8, 4) is 5.75 Å². The van der Waals surface area contributed by atoms with Gasteiger partial charge < -0.3 is 4.74 Å². The van der Waals surface area contributed by atoms with Crippen LogP contribution in [0, 0.1) is 0 Å². The minimum atomic E-state index is -3.43. The lowest BCUT2D eigenvalue weighted by molar-refractivity contribution is 0.0887. The molecule has 18 heavy (non-hydrogen) atoms. The maximum atomic E-state index is 12.1. The zero-order valence-electron chi connectivity index (χ0n) is 9.64. The number of benzene rings is 1. The molecule has 0 amide bonds. The Labute approximate surface area is 114 Å². The van der Waals surface area contributed by atoms with Gasteiger partial charge in [-0.15, -0.1) is 0 Å². The molecule has 5 nitrogen and oxygen atoms in total. The summed E-state index contributed by atoms with van der Waals surface area (Å²) in [4.78, 5) is 12.1. The van der Waals surface area contributed by atoms with Gasteiger partial charge in [0.25, 0.3) is 0 Å². The highest BCUT2D eigenvalue weighted by molar-refractivity contribution is 9.10. The molecule has 1 aromatic rings. The maximum Gasteiger partial charge on any atom is 0.212 e. The highest BCUT2D eigenvalue weighted by Gasteiger charge is 2.31. The van der Waals surface area contributed by atoms with Gasteiger partial charge in [0.2, 0.25) is 10.0 Å². The molecule has 1 aliphatic rings. The Balaban J connectivity index is 2.28. The maximum absolute atomic E-state index is 12.1. The van der Waals surface area contributed by atoms with Crippen molar-refractivity contribution in [2.24, 2.45) is 0 Å². The Morgan fingerprint density at radius 3 is 2.89 bits per heavy atom. The SMILES string of the molecule is CCS(=O)(=O)NC1COc2ccc(Br)cc2C1=O. The fraction of sp³-hybridized carbons (Fsp3) is 0.364. The molecular formula is C11H12BrNO4S. The number of Topliss-reactive ketones (excluding diaryl/α,β-unsaturated/α-hetero) is 1. The summed E-state index contributed by atoms with van der Waals surface area (Å²) in [6, 6.07) is 4.23. The standard InChI is InChI=1S/C11H12BrNO4S/c1-2-18(15,16)13-9-6-17-10-4-3-7(12)5-8(10)11(9)14/h3-5,9,13H,2,6H2,1H3. The highest BCUT2D eigenvalue weighted by Crippen LogP contribution is 2.27. The number of fused-ring (bicyclic) bond motifs is 1. The molecule has 0 spiro atoms. The molecule has 1 heterocycles. The van der Waals surface area contributed by atoms with Crippen LogP contribution >= 0.6 is 15.9 Å². The van der Waals surface area contributed by atoms with E-state index in [2.05, 4.69) is 20.7 Å². The van der Waals surface area contributed by atoms with Crippen molar-refractivity contribution >= 4 is 31.7 Å². The van der Waals surface area contributed by atoms with Crippen molar-refractivity contribution in [2.75, 3.05) is 12.4 Å². The number of hydrogen-bond acceptors (Lipinski definition) is 4. The first-order chi connectivity index (χ1) is 8.43. The molecule has 0 bridgehead atoms. The first-order valence-corrected chi connectivity index (χ1v) is 7.84. The normalized spacial score (nSPS) is 19.2. The Morgan fingerprint density at radius 2 is 2.22 bits per heavy atom. The van der Waals surface area contributed by atoms with E-state index in [-0.39, 0.29) is 18.1 Å². The summed E-state index contributed by atoms with van der Waals surface area (Å²) in [6.07, 6.45) is 0. The van der Waals surface area contributed by atoms with Gasteiger partial charge in [-0.3, -0.25) is 4.79 Å². The van der Waals surface area contributed by atoms with Crippen LogP contribution in [-0.2, 0) is 10.0 Å². The summed E-state index contributed by atoms with van der Waals surface area (Å²) in [5.74, 6) is 0.145. The average Bonchev–Trinajstić information content (AvgIpc) is 2.33. The molecule has 0 saturated carbocycles. The van der Waals surface area contributed by atoms with Gasteiger partial charge in [-0.25, -0.2) is 13.1 Å². The van der Waals surface area contributed by atoms with Crippen LogP contribution in [0.5, 0.6) is 5.75 Å². The van der Waals surface area contributed by atoms with Gasteiger partial charge >= 0.3 is 0 Å². The minimum Gasteiger partial charge on any atom is -0.491 e. The van der Waals surface area contributed by atoms with Gasteiger partial charge in [0.05, 0.1) is 11.3 Å². The number of ketones is 1. The quantitative estimate of drug-likeness (QED) is 0.905. The van der Waals surface area contributed by atoms with Crippen LogP contribution in [0.4, 0.5) is 0 Å². The predicted molar refractivity (Wildman–Crippen MR) is 70.4 cm³/mol. The van der Waals surface area contributed by atoms with E-state index in [1.165, 1.54) is 6.92 Å². The van der Waals surface area contributed by atoms with Crippen molar-refractivity contribution < 1.29 is 17.9 Å². The fourth-order valence-corrected chi connectivity index (χ4v) is 2.78. The lowest BCUT2D eigenvalue weighted by atomic mass is 10.0. The lowest BCUT2D eigenvalue weighted by Gasteiger charge is -2.24. The Kier molecular flexibility index (Phi) is 3.74. The largest absolute Gasteiger partial charge is 0.491 e. The van der Waals surface area contributed by atoms with Crippen molar-refractivity contribution in [3.05, 3.63) is 28.2 Å². The zero-order chi connectivity index (χ0) is 13.3. The summed E-state index contributed by atoms with van der Waals surface area (Å²) >= 11 is 3.27. The average molecular weight is 334 g/mol. The molecule has 0 aliphatic carbocycles. The summed E-state index contributed by atoms with van der Waals surface area (Å²) < 4.78 is 31.4.